The van der Waals surface area contributed by atoms with Crippen LogP contribution in [-0.2, 0) is 42.8 Å². The standard InChI is InChI=1S/C40H46O12/c41-34(50-37-7-1-4-22-44-37)25-47-31-16-10-28(11-17-31)40(29-12-18-32(19-13-29)48-26-35(42)51-38-8-2-5-23-45-38)30-14-20-33(21-15-30)49-27-36(43)52-39-9-3-6-24-46-39/h10-21,37-40H,1-9,22-27H2. The van der Waals surface area contributed by atoms with Gasteiger partial charge in [0.25, 0.3) is 0 Å². The number of esters is 3. The molecule has 3 atom stereocenters. The average Bonchev–Trinajstić information content (AvgIpc) is 3.18. The fourth-order valence-electron chi connectivity index (χ4n) is 6.23. The highest BCUT2D eigenvalue weighted by Crippen LogP contribution is 2.35. The molecule has 52 heavy (non-hydrogen) atoms. The van der Waals surface area contributed by atoms with Crippen molar-refractivity contribution in [1.82, 2.24) is 0 Å². The van der Waals surface area contributed by atoms with Gasteiger partial charge in [0.05, 0.1) is 19.8 Å². The highest BCUT2D eigenvalue weighted by Gasteiger charge is 2.22. The lowest BCUT2D eigenvalue weighted by atomic mass is 9.85. The van der Waals surface area contributed by atoms with Gasteiger partial charge < -0.3 is 42.6 Å². The monoisotopic (exact) mass is 718 g/mol. The van der Waals surface area contributed by atoms with Crippen LogP contribution in [0.25, 0.3) is 0 Å². The van der Waals surface area contributed by atoms with Crippen molar-refractivity contribution in [2.45, 2.75) is 82.6 Å². The predicted molar refractivity (Wildman–Crippen MR) is 186 cm³/mol. The summed E-state index contributed by atoms with van der Waals surface area (Å²) in [6.45, 7) is 1.07. The van der Waals surface area contributed by atoms with Crippen LogP contribution < -0.4 is 14.2 Å². The fraction of sp³-hybridized carbons (Fsp3) is 0.475. The van der Waals surface area contributed by atoms with Gasteiger partial charge in [-0.05, 0) is 91.6 Å². The molecule has 0 amide bonds. The third-order valence-electron chi connectivity index (χ3n) is 8.91. The summed E-state index contributed by atoms with van der Waals surface area (Å²) < 4.78 is 49.7. The molecular formula is C40H46O12. The van der Waals surface area contributed by atoms with Crippen LogP contribution in [-0.4, -0.2) is 76.4 Å². The van der Waals surface area contributed by atoms with E-state index >= 15 is 0 Å². The van der Waals surface area contributed by atoms with Crippen LogP contribution in [0.2, 0.25) is 0 Å². The summed E-state index contributed by atoms with van der Waals surface area (Å²) >= 11 is 0. The topological polar surface area (TPSA) is 134 Å². The van der Waals surface area contributed by atoms with E-state index in [-0.39, 0.29) is 25.7 Å². The number of hydrogen-bond donors (Lipinski definition) is 0. The van der Waals surface area contributed by atoms with Crippen LogP contribution in [0.1, 0.15) is 80.4 Å². The number of carbonyl (C=O) groups is 3. The Hall–Kier alpha value is -4.65. The van der Waals surface area contributed by atoms with E-state index in [1.807, 2.05) is 72.8 Å². The van der Waals surface area contributed by atoms with Crippen LogP contribution >= 0.6 is 0 Å². The summed E-state index contributed by atoms with van der Waals surface area (Å²) in [6, 6.07) is 22.5. The van der Waals surface area contributed by atoms with Crippen molar-refractivity contribution in [1.29, 1.82) is 0 Å². The minimum Gasteiger partial charge on any atom is -0.482 e. The van der Waals surface area contributed by atoms with Crippen LogP contribution in [0.4, 0.5) is 0 Å². The van der Waals surface area contributed by atoms with Gasteiger partial charge in [0, 0.05) is 25.2 Å². The third kappa shape index (κ3) is 11.4. The second-order valence-corrected chi connectivity index (χ2v) is 12.9. The molecule has 12 heteroatoms. The number of benzene rings is 3. The zero-order valence-corrected chi connectivity index (χ0v) is 29.2. The molecule has 3 aromatic rings. The van der Waals surface area contributed by atoms with Crippen LogP contribution in [0.3, 0.4) is 0 Å². The molecule has 3 heterocycles. The van der Waals surface area contributed by atoms with Crippen LogP contribution in [0.15, 0.2) is 72.8 Å². The molecule has 0 radical (unpaired) electrons. The van der Waals surface area contributed by atoms with E-state index in [2.05, 4.69) is 0 Å². The number of ether oxygens (including phenoxy) is 9. The zero-order valence-electron chi connectivity index (χ0n) is 29.2. The Labute approximate surface area is 303 Å². The van der Waals surface area contributed by atoms with E-state index in [9.17, 15) is 14.4 Å². The lowest BCUT2D eigenvalue weighted by molar-refractivity contribution is -0.189. The minimum absolute atomic E-state index is 0.215. The van der Waals surface area contributed by atoms with Gasteiger partial charge in [0.15, 0.2) is 19.8 Å². The Morgan fingerprint density at radius 2 is 0.750 bits per heavy atom. The second-order valence-electron chi connectivity index (χ2n) is 12.9. The van der Waals surface area contributed by atoms with Gasteiger partial charge in [0.2, 0.25) is 18.9 Å². The van der Waals surface area contributed by atoms with Crippen LogP contribution in [0, 0.1) is 0 Å². The van der Waals surface area contributed by atoms with E-state index in [0.717, 1.165) is 55.2 Å². The smallest absolute Gasteiger partial charge is 0.346 e. The van der Waals surface area contributed by atoms with Crippen molar-refractivity contribution in [3.8, 4) is 17.2 Å². The molecule has 3 aliphatic rings. The first kappa shape index (κ1) is 37.1. The van der Waals surface area contributed by atoms with Gasteiger partial charge in [-0.15, -0.1) is 0 Å². The maximum absolute atomic E-state index is 12.3. The van der Waals surface area contributed by atoms with Crippen molar-refractivity contribution in [3.63, 3.8) is 0 Å². The summed E-state index contributed by atoms with van der Waals surface area (Å²) in [6.07, 6.45) is 6.29. The minimum atomic E-state index is -0.517. The Kier molecular flexibility index (Phi) is 13.7. The van der Waals surface area contributed by atoms with Crippen molar-refractivity contribution >= 4 is 17.9 Å². The summed E-state index contributed by atoms with van der Waals surface area (Å²) in [5.41, 5.74) is 2.87. The Bertz CT molecular complexity index is 1370. The number of hydrogen-bond acceptors (Lipinski definition) is 12. The maximum Gasteiger partial charge on any atom is 0.346 e. The molecule has 12 nitrogen and oxygen atoms in total. The van der Waals surface area contributed by atoms with E-state index in [1.54, 1.807) is 0 Å². The first-order chi connectivity index (χ1) is 25.5. The zero-order chi connectivity index (χ0) is 36.0. The number of rotatable bonds is 15. The quantitative estimate of drug-likeness (QED) is 0.100. The van der Waals surface area contributed by atoms with Gasteiger partial charge in [-0.25, -0.2) is 14.4 Å². The molecule has 0 aliphatic carbocycles. The number of carbonyl (C=O) groups excluding carboxylic acids is 3. The molecule has 3 saturated heterocycles. The molecule has 278 valence electrons. The summed E-state index contributed by atoms with van der Waals surface area (Å²) in [5, 5.41) is 0. The average molecular weight is 719 g/mol. The second kappa shape index (κ2) is 19.3. The first-order valence-corrected chi connectivity index (χ1v) is 18.1. The first-order valence-electron chi connectivity index (χ1n) is 18.1. The molecule has 0 bridgehead atoms. The highest BCUT2D eigenvalue weighted by atomic mass is 16.7. The van der Waals surface area contributed by atoms with Gasteiger partial charge in [-0.2, -0.15) is 0 Å². The lowest BCUT2D eigenvalue weighted by Crippen LogP contribution is -2.28. The van der Waals surface area contributed by atoms with E-state index < -0.39 is 36.8 Å². The van der Waals surface area contributed by atoms with Gasteiger partial charge in [0.1, 0.15) is 17.2 Å². The lowest BCUT2D eigenvalue weighted by Gasteiger charge is -2.22. The molecule has 0 spiro atoms. The normalized spacial score (nSPS) is 20.9. The van der Waals surface area contributed by atoms with Gasteiger partial charge >= 0.3 is 17.9 Å². The molecule has 6 rings (SSSR count). The van der Waals surface area contributed by atoms with Crippen molar-refractivity contribution in [2.75, 3.05) is 39.6 Å². The van der Waals surface area contributed by atoms with Crippen molar-refractivity contribution in [2.24, 2.45) is 0 Å². The van der Waals surface area contributed by atoms with Crippen molar-refractivity contribution in [3.05, 3.63) is 89.5 Å². The molecule has 0 saturated carbocycles. The Morgan fingerprint density at radius 1 is 0.462 bits per heavy atom. The van der Waals surface area contributed by atoms with Gasteiger partial charge in [-0.1, -0.05) is 36.4 Å². The predicted octanol–water partition coefficient (Wildman–Crippen LogP) is 6.21. The van der Waals surface area contributed by atoms with Gasteiger partial charge in [-0.3, -0.25) is 0 Å². The summed E-state index contributed by atoms with van der Waals surface area (Å²) in [4.78, 5) is 37.0. The SMILES string of the molecule is O=C(COc1ccc(C(c2ccc(OCC(=O)OC3CCCCO3)cc2)c2ccc(OCC(=O)OC3CCCCO3)cc2)cc1)OC1CCCCO1. The molecular weight excluding hydrogens is 672 g/mol. The van der Waals surface area contributed by atoms with E-state index in [0.29, 0.717) is 56.3 Å². The summed E-state index contributed by atoms with van der Waals surface area (Å²) in [5.74, 6) is -0.0982. The van der Waals surface area contributed by atoms with E-state index in [1.165, 1.54) is 0 Å². The molecule has 3 aliphatic heterocycles. The Balaban J connectivity index is 1.10. The molecule has 3 aromatic carbocycles. The van der Waals surface area contributed by atoms with E-state index in [4.69, 9.17) is 42.6 Å². The molecule has 3 fully saturated rings. The Morgan fingerprint density at radius 3 is 1.00 bits per heavy atom. The van der Waals surface area contributed by atoms with Crippen LogP contribution in [0.5, 0.6) is 17.2 Å². The molecule has 0 aromatic heterocycles. The molecule has 0 N–H and O–H groups in total. The maximum atomic E-state index is 12.3. The molecule has 3 unspecified atom stereocenters. The highest BCUT2D eigenvalue weighted by molar-refractivity contribution is 5.72. The summed E-state index contributed by atoms with van der Waals surface area (Å²) in [7, 11) is 0. The van der Waals surface area contributed by atoms with Crippen molar-refractivity contribution < 1.29 is 57.0 Å². The largest absolute Gasteiger partial charge is 0.482 e. The fourth-order valence-corrected chi connectivity index (χ4v) is 6.23. The third-order valence-corrected chi connectivity index (χ3v) is 8.91.